The Morgan fingerprint density at radius 1 is 1.27 bits per heavy atom. The largest absolute Gasteiger partial charge is 0.399 e. The van der Waals surface area contributed by atoms with Gasteiger partial charge in [-0.3, -0.25) is 0 Å². The molecule has 0 saturated carbocycles. The number of anilines is 1. The fourth-order valence-electron chi connectivity index (χ4n) is 1.22. The number of thioether (sulfide) groups is 1. The van der Waals surface area contributed by atoms with Crippen molar-refractivity contribution in [3.8, 4) is 0 Å². The average Bonchev–Trinajstić information content (AvgIpc) is 2.74. The molecule has 1 aromatic carbocycles. The van der Waals surface area contributed by atoms with E-state index in [1.807, 2.05) is 23.7 Å². The summed E-state index contributed by atoms with van der Waals surface area (Å²) in [5.74, 6) is 1.07. The van der Waals surface area contributed by atoms with Crippen LogP contribution in [0.5, 0.6) is 0 Å². The topological polar surface area (TPSA) is 38.9 Å². The molecular formula is C11H12N2S2. The molecule has 0 atom stereocenters. The fourth-order valence-corrected chi connectivity index (χ4v) is 2.92. The number of hydrogen-bond acceptors (Lipinski definition) is 4. The second-order valence-corrected chi connectivity index (χ2v) is 5.37. The number of rotatable bonds is 4. The molecule has 2 nitrogen and oxygen atoms in total. The first kappa shape index (κ1) is 10.5. The predicted octanol–water partition coefficient (Wildman–Crippen LogP) is 3.06. The van der Waals surface area contributed by atoms with Crippen molar-refractivity contribution in [2.45, 2.75) is 10.8 Å². The number of benzene rings is 1. The van der Waals surface area contributed by atoms with E-state index in [0.717, 1.165) is 22.2 Å². The number of thiazole rings is 1. The standard InChI is InChI=1S/C11H12N2S2/c12-10-3-1-9(2-4-10)5-7-14-11-13-6-8-15-11/h1-4,6,8H,5,7,12H2. The summed E-state index contributed by atoms with van der Waals surface area (Å²) in [5, 5.41) is 2.01. The Hall–Kier alpha value is -1.00. The molecule has 0 unspecified atom stereocenters. The summed E-state index contributed by atoms with van der Waals surface area (Å²) in [6, 6.07) is 8.06. The van der Waals surface area contributed by atoms with Gasteiger partial charge in [0, 0.05) is 23.0 Å². The van der Waals surface area contributed by atoms with Crippen molar-refractivity contribution in [1.29, 1.82) is 0 Å². The van der Waals surface area contributed by atoms with Gasteiger partial charge in [-0.1, -0.05) is 23.9 Å². The summed E-state index contributed by atoms with van der Waals surface area (Å²) in [5.41, 5.74) is 7.77. The Kier molecular flexibility index (Phi) is 3.64. The molecule has 0 radical (unpaired) electrons. The number of aryl methyl sites for hydroxylation is 1. The van der Waals surface area contributed by atoms with Gasteiger partial charge in [0.1, 0.15) is 4.34 Å². The highest BCUT2D eigenvalue weighted by atomic mass is 32.2. The van der Waals surface area contributed by atoms with E-state index in [1.165, 1.54) is 5.56 Å². The Balaban J connectivity index is 1.81. The summed E-state index contributed by atoms with van der Waals surface area (Å²) in [6.07, 6.45) is 2.90. The lowest BCUT2D eigenvalue weighted by atomic mass is 10.2. The summed E-state index contributed by atoms with van der Waals surface area (Å²) in [7, 11) is 0. The average molecular weight is 236 g/mol. The van der Waals surface area contributed by atoms with E-state index in [2.05, 4.69) is 17.1 Å². The van der Waals surface area contributed by atoms with Gasteiger partial charge in [0.05, 0.1) is 0 Å². The van der Waals surface area contributed by atoms with Gasteiger partial charge in [-0.05, 0) is 24.1 Å². The summed E-state index contributed by atoms with van der Waals surface area (Å²) >= 11 is 3.49. The predicted molar refractivity (Wildman–Crippen MR) is 67.4 cm³/mol. The van der Waals surface area contributed by atoms with Gasteiger partial charge in [0.2, 0.25) is 0 Å². The van der Waals surface area contributed by atoms with Gasteiger partial charge in [-0.15, -0.1) is 11.3 Å². The maximum atomic E-state index is 5.62. The molecule has 2 rings (SSSR count). The van der Waals surface area contributed by atoms with Crippen molar-refractivity contribution in [1.82, 2.24) is 4.98 Å². The second-order valence-electron chi connectivity index (χ2n) is 3.14. The smallest absolute Gasteiger partial charge is 0.149 e. The Labute approximate surface area is 97.5 Å². The van der Waals surface area contributed by atoms with Crippen molar-refractivity contribution in [3.63, 3.8) is 0 Å². The quantitative estimate of drug-likeness (QED) is 0.655. The lowest BCUT2D eigenvalue weighted by Crippen LogP contribution is -1.89. The molecule has 0 spiro atoms. The normalized spacial score (nSPS) is 10.4. The van der Waals surface area contributed by atoms with Crippen molar-refractivity contribution in [2.24, 2.45) is 0 Å². The number of nitrogens with two attached hydrogens (primary N) is 1. The first-order valence-electron chi connectivity index (χ1n) is 4.71. The minimum atomic E-state index is 0.825. The highest BCUT2D eigenvalue weighted by Gasteiger charge is 1.97. The second kappa shape index (κ2) is 5.19. The van der Waals surface area contributed by atoms with Crippen LogP contribution >= 0.6 is 23.1 Å². The van der Waals surface area contributed by atoms with Crippen LogP contribution in [0, 0.1) is 0 Å². The van der Waals surface area contributed by atoms with E-state index in [4.69, 9.17) is 5.73 Å². The van der Waals surface area contributed by atoms with Crippen LogP contribution in [0.2, 0.25) is 0 Å². The molecule has 4 heteroatoms. The lowest BCUT2D eigenvalue weighted by Gasteiger charge is -2.00. The first-order valence-corrected chi connectivity index (χ1v) is 6.58. The molecule has 0 fully saturated rings. The number of nitrogen functional groups attached to an aromatic ring is 1. The van der Waals surface area contributed by atoms with E-state index >= 15 is 0 Å². The van der Waals surface area contributed by atoms with E-state index in [9.17, 15) is 0 Å². The maximum absolute atomic E-state index is 5.62. The van der Waals surface area contributed by atoms with Crippen molar-refractivity contribution in [2.75, 3.05) is 11.5 Å². The van der Waals surface area contributed by atoms with Crippen LogP contribution in [0.4, 0.5) is 5.69 Å². The van der Waals surface area contributed by atoms with Crippen LogP contribution < -0.4 is 5.73 Å². The highest BCUT2D eigenvalue weighted by molar-refractivity contribution is 8.00. The van der Waals surface area contributed by atoms with Crippen molar-refractivity contribution >= 4 is 28.8 Å². The monoisotopic (exact) mass is 236 g/mol. The van der Waals surface area contributed by atoms with Gasteiger partial charge in [0.25, 0.3) is 0 Å². The third-order valence-corrected chi connectivity index (χ3v) is 3.97. The van der Waals surface area contributed by atoms with Crippen LogP contribution in [0.3, 0.4) is 0 Å². The van der Waals surface area contributed by atoms with Gasteiger partial charge in [0.15, 0.2) is 0 Å². The Morgan fingerprint density at radius 2 is 2.07 bits per heavy atom. The van der Waals surface area contributed by atoms with Crippen LogP contribution in [0.25, 0.3) is 0 Å². The van der Waals surface area contributed by atoms with Crippen LogP contribution in [-0.2, 0) is 6.42 Å². The van der Waals surface area contributed by atoms with Gasteiger partial charge in [-0.25, -0.2) is 4.98 Å². The third-order valence-electron chi connectivity index (χ3n) is 2.01. The first-order chi connectivity index (χ1) is 7.34. The number of nitrogens with zero attached hydrogens (tertiary/aromatic N) is 1. The maximum Gasteiger partial charge on any atom is 0.149 e. The van der Waals surface area contributed by atoms with E-state index in [0.29, 0.717) is 0 Å². The van der Waals surface area contributed by atoms with Gasteiger partial charge < -0.3 is 5.73 Å². The zero-order valence-corrected chi connectivity index (χ0v) is 9.85. The number of hydrogen-bond donors (Lipinski definition) is 1. The molecule has 0 amide bonds. The fraction of sp³-hybridized carbons (Fsp3) is 0.182. The lowest BCUT2D eigenvalue weighted by molar-refractivity contribution is 1.15. The molecule has 2 N–H and O–H groups in total. The molecule has 1 heterocycles. The number of aromatic nitrogens is 1. The third kappa shape index (κ3) is 3.25. The Morgan fingerprint density at radius 3 is 2.73 bits per heavy atom. The molecule has 0 saturated heterocycles. The molecular weight excluding hydrogens is 224 g/mol. The van der Waals surface area contributed by atoms with Crippen molar-refractivity contribution < 1.29 is 0 Å². The highest BCUT2D eigenvalue weighted by Crippen LogP contribution is 2.21. The molecule has 2 aromatic rings. The van der Waals surface area contributed by atoms with Gasteiger partial charge in [-0.2, -0.15) is 0 Å². The minimum Gasteiger partial charge on any atom is -0.399 e. The van der Waals surface area contributed by atoms with E-state index in [-0.39, 0.29) is 0 Å². The molecule has 0 bridgehead atoms. The molecule has 0 aliphatic rings. The summed E-state index contributed by atoms with van der Waals surface area (Å²) in [4.78, 5) is 4.22. The van der Waals surface area contributed by atoms with E-state index < -0.39 is 0 Å². The molecule has 78 valence electrons. The zero-order valence-electron chi connectivity index (χ0n) is 8.22. The van der Waals surface area contributed by atoms with Crippen LogP contribution in [0.15, 0.2) is 40.2 Å². The summed E-state index contributed by atoms with van der Waals surface area (Å²) < 4.78 is 1.14. The van der Waals surface area contributed by atoms with Crippen LogP contribution in [0.1, 0.15) is 5.56 Å². The Bertz CT molecular complexity index is 395. The zero-order chi connectivity index (χ0) is 10.5. The van der Waals surface area contributed by atoms with Crippen LogP contribution in [-0.4, -0.2) is 10.7 Å². The van der Waals surface area contributed by atoms with Crippen molar-refractivity contribution in [3.05, 3.63) is 41.4 Å². The SMILES string of the molecule is Nc1ccc(CCSc2nccs2)cc1. The summed E-state index contributed by atoms with van der Waals surface area (Å²) in [6.45, 7) is 0. The minimum absolute atomic E-state index is 0.825. The molecule has 0 aliphatic carbocycles. The van der Waals surface area contributed by atoms with Gasteiger partial charge >= 0.3 is 0 Å². The van der Waals surface area contributed by atoms with E-state index in [1.54, 1.807) is 23.1 Å². The molecule has 1 aromatic heterocycles. The molecule has 0 aliphatic heterocycles. The molecule has 15 heavy (non-hydrogen) atoms.